The lowest BCUT2D eigenvalue weighted by Gasteiger charge is -2.18. The second-order valence-corrected chi connectivity index (χ2v) is 9.60. The van der Waals surface area contributed by atoms with Crippen molar-refractivity contribution in [1.29, 1.82) is 0 Å². The minimum absolute atomic E-state index is 0.195. The Kier molecular flexibility index (Phi) is 5.04. The van der Waals surface area contributed by atoms with E-state index in [2.05, 4.69) is 10.0 Å². The molecule has 150 valence electrons. The standard InChI is InChI=1S/C23H24N2O3S/c1-15-10-11-18(25-29(27,28)19-12-13-19)14-22(15)23(26)24-16(2)20-9-5-7-17-6-3-4-8-21(17)20/h3-11,14,16,19,25H,12-13H2,1-2H3,(H,24,26)/t16-/m1/s1. The molecule has 0 heterocycles. The number of fused-ring (bicyclic) bond motifs is 1. The normalized spacial score (nSPS) is 15.1. The molecular formula is C23H24N2O3S. The van der Waals surface area contributed by atoms with Crippen molar-refractivity contribution in [2.75, 3.05) is 4.72 Å². The summed E-state index contributed by atoms with van der Waals surface area (Å²) in [5, 5.41) is 4.97. The largest absolute Gasteiger partial charge is 0.345 e. The molecule has 1 aliphatic rings. The lowest BCUT2D eigenvalue weighted by molar-refractivity contribution is 0.0939. The molecule has 5 nitrogen and oxygen atoms in total. The van der Waals surface area contributed by atoms with E-state index in [0.717, 1.165) is 21.9 Å². The van der Waals surface area contributed by atoms with E-state index < -0.39 is 10.0 Å². The zero-order valence-corrected chi connectivity index (χ0v) is 17.3. The number of carbonyl (C=O) groups is 1. The molecule has 1 atom stereocenters. The van der Waals surface area contributed by atoms with Crippen LogP contribution in [-0.4, -0.2) is 19.6 Å². The summed E-state index contributed by atoms with van der Waals surface area (Å²) >= 11 is 0. The lowest BCUT2D eigenvalue weighted by Crippen LogP contribution is -2.27. The zero-order valence-electron chi connectivity index (χ0n) is 16.5. The van der Waals surface area contributed by atoms with Crippen LogP contribution in [0.1, 0.15) is 47.3 Å². The summed E-state index contributed by atoms with van der Waals surface area (Å²) in [6.45, 7) is 3.80. The number of carbonyl (C=O) groups excluding carboxylic acids is 1. The van der Waals surface area contributed by atoms with Crippen molar-refractivity contribution in [3.8, 4) is 0 Å². The molecule has 0 bridgehead atoms. The van der Waals surface area contributed by atoms with E-state index >= 15 is 0 Å². The third-order valence-corrected chi connectivity index (χ3v) is 7.21. The lowest BCUT2D eigenvalue weighted by atomic mass is 9.99. The fourth-order valence-corrected chi connectivity index (χ4v) is 4.92. The first-order valence-electron chi connectivity index (χ1n) is 9.76. The first-order chi connectivity index (χ1) is 13.8. The Morgan fingerprint density at radius 3 is 2.52 bits per heavy atom. The summed E-state index contributed by atoms with van der Waals surface area (Å²) in [5.41, 5.74) is 2.72. The van der Waals surface area contributed by atoms with Crippen molar-refractivity contribution >= 4 is 32.4 Å². The average molecular weight is 409 g/mol. The molecule has 0 saturated heterocycles. The van der Waals surface area contributed by atoms with Gasteiger partial charge in [-0.25, -0.2) is 8.42 Å². The fourth-order valence-electron chi connectivity index (χ4n) is 3.54. The summed E-state index contributed by atoms with van der Waals surface area (Å²) in [6, 6.07) is 19.0. The quantitative estimate of drug-likeness (QED) is 0.629. The number of nitrogens with one attached hydrogen (secondary N) is 2. The van der Waals surface area contributed by atoms with E-state index in [9.17, 15) is 13.2 Å². The molecule has 0 spiro atoms. The van der Waals surface area contributed by atoms with Crippen LogP contribution in [0.5, 0.6) is 0 Å². The molecule has 1 aliphatic carbocycles. The number of benzene rings is 3. The Morgan fingerprint density at radius 1 is 1.03 bits per heavy atom. The number of rotatable bonds is 6. The predicted octanol–water partition coefficient (Wildman–Crippen LogP) is 4.54. The van der Waals surface area contributed by atoms with Gasteiger partial charge >= 0.3 is 0 Å². The van der Waals surface area contributed by atoms with Crippen LogP contribution in [0.4, 0.5) is 5.69 Å². The fraction of sp³-hybridized carbons (Fsp3) is 0.261. The van der Waals surface area contributed by atoms with Crippen molar-refractivity contribution < 1.29 is 13.2 Å². The Labute approximate surface area is 171 Å². The molecule has 0 aromatic heterocycles. The third kappa shape index (κ3) is 4.12. The van der Waals surface area contributed by atoms with Crippen LogP contribution < -0.4 is 10.0 Å². The van der Waals surface area contributed by atoms with E-state index in [1.807, 2.05) is 56.3 Å². The highest BCUT2D eigenvalue weighted by Crippen LogP contribution is 2.30. The monoisotopic (exact) mass is 408 g/mol. The predicted molar refractivity (Wildman–Crippen MR) is 117 cm³/mol. The molecule has 2 N–H and O–H groups in total. The van der Waals surface area contributed by atoms with Gasteiger partial charge in [-0.1, -0.05) is 48.5 Å². The van der Waals surface area contributed by atoms with Crippen molar-refractivity contribution in [2.24, 2.45) is 0 Å². The second kappa shape index (κ2) is 7.52. The molecule has 1 saturated carbocycles. The highest BCUT2D eigenvalue weighted by molar-refractivity contribution is 7.93. The van der Waals surface area contributed by atoms with Crippen LogP contribution in [0, 0.1) is 6.92 Å². The second-order valence-electron chi connectivity index (χ2n) is 7.64. The number of hydrogen-bond donors (Lipinski definition) is 2. The number of sulfonamides is 1. The van der Waals surface area contributed by atoms with Gasteiger partial charge in [0.1, 0.15) is 0 Å². The van der Waals surface area contributed by atoms with Gasteiger partial charge < -0.3 is 5.32 Å². The summed E-state index contributed by atoms with van der Waals surface area (Å²) in [5.74, 6) is -0.226. The van der Waals surface area contributed by atoms with Gasteiger partial charge in [0.15, 0.2) is 0 Å². The molecular weight excluding hydrogens is 384 g/mol. The van der Waals surface area contributed by atoms with E-state index in [-0.39, 0.29) is 17.2 Å². The smallest absolute Gasteiger partial charge is 0.252 e. The van der Waals surface area contributed by atoms with Crippen LogP contribution in [-0.2, 0) is 10.0 Å². The Bertz CT molecular complexity index is 1180. The van der Waals surface area contributed by atoms with E-state index in [0.29, 0.717) is 24.1 Å². The van der Waals surface area contributed by atoms with E-state index in [1.54, 1.807) is 18.2 Å². The summed E-state index contributed by atoms with van der Waals surface area (Å²) in [4.78, 5) is 13.0. The Morgan fingerprint density at radius 2 is 1.76 bits per heavy atom. The number of amides is 1. The molecule has 3 aromatic carbocycles. The maximum Gasteiger partial charge on any atom is 0.252 e. The summed E-state index contributed by atoms with van der Waals surface area (Å²) < 4.78 is 27.0. The highest BCUT2D eigenvalue weighted by atomic mass is 32.2. The maximum atomic E-state index is 13.0. The first kappa shape index (κ1) is 19.5. The van der Waals surface area contributed by atoms with Crippen LogP contribution in [0.2, 0.25) is 0 Å². The molecule has 0 unspecified atom stereocenters. The van der Waals surface area contributed by atoms with E-state index in [4.69, 9.17) is 0 Å². The van der Waals surface area contributed by atoms with Gasteiger partial charge in [0.2, 0.25) is 10.0 Å². The van der Waals surface area contributed by atoms with Crippen molar-refractivity contribution in [3.63, 3.8) is 0 Å². The molecule has 3 aromatic rings. The van der Waals surface area contributed by atoms with Gasteiger partial charge in [0, 0.05) is 11.3 Å². The molecule has 1 amide bonds. The number of hydrogen-bond acceptors (Lipinski definition) is 3. The first-order valence-corrected chi connectivity index (χ1v) is 11.3. The van der Waals surface area contributed by atoms with Crippen LogP contribution in [0.25, 0.3) is 10.8 Å². The van der Waals surface area contributed by atoms with Gasteiger partial charge in [-0.3, -0.25) is 9.52 Å². The van der Waals surface area contributed by atoms with Crippen LogP contribution in [0.15, 0.2) is 60.7 Å². The molecule has 0 radical (unpaired) electrons. The van der Waals surface area contributed by atoms with Gasteiger partial charge in [0.25, 0.3) is 5.91 Å². The maximum absolute atomic E-state index is 13.0. The van der Waals surface area contributed by atoms with E-state index in [1.165, 1.54) is 0 Å². The minimum atomic E-state index is -3.37. The summed E-state index contributed by atoms with van der Waals surface area (Å²) in [7, 11) is -3.37. The average Bonchev–Trinajstić information content (AvgIpc) is 3.54. The summed E-state index contributed by atoms with van der Waals surface area (Å²) in [6.07, 6.45) is 1.38. The zero-order chi connectivity index (χ0) is 20.6. The SMILES string of the molecule is Cc1ccc(NS(=O)(=O)C2CC2)cc1C(=O)N[C@H](C)c1cccc2ccccc12. The van der Waals surface area contributed by atoms with Gasteiger partial charge in [-0.05, 0) is 60.7 Å². The number of anilines is 1. The topological polar surface area (TPSA) is 75.3 Å². The Balaban J connectivity index is 1.57. The number of aryl methyl sites for hydroxylation is 1. The van der Waals surface area contributed by atoms with Crippen LogP contribution >= 0.6 is 0 Å². The minimum Gasteiger partial charge on any atom is -0.345 e. The Hall–Kier alpha value is -2.86. The van der Waals surface area contributed by atoms with Gasteiger partial charge in [-0.15, -0.1) is 0 Å². The third-order valence-electron chi connectivity index (χ3n) is 5.34. The van der Waals surface area contributed by atoms with Crippen LogP contribution in [0.3, 0.4) is 0 Å². The van der Waals surface area contributed by atoms with Crippen molar-refractivity contribution in [3.05, 3.63) is 77.4 Å². The van der Waals surface area contributed by atoms with Crippen molar-refractivity contribution in [1.82, 2.24) is 5.32 Å². The van der Waals surface area contributed by atoms with Crippen molar-refractivity contribution in [2.45, 2.75) is 38.0 Å². The van der Waals surface area contributed by atoms with Gasteiger partial charge in [-0.2, -0.15) is 0 Å². The molecule has 4 rings (SSSR count). The molecule has 1 fully saturated rings. The molecule has 6 heteroatoms. The highest BCUT2D eigenvalue weighted by Gasteiger charge is 2.35. The van der Waals surface area contributed by atoms with Gasteiger partial charge in [0.05, 0.1) is 11.3 Å². The molecule has 29 heavy (non-hydrogen) atoms. The molecule has 0 aliphatic heterocycles.